The number of benzene rings is 1. The molecule has 0 aromatic heterocycles. The van der Waals surface area contributed by atoms with Crippen LogP contribution < -0.4 is 5.32 Å². The van der Waals surface area contributed by atoms with Gasteiger partial charge in [-0.15, -0.1) is 0 Å². The normalized spacial score (nSPS) is 12.3. The molecule has 1 aromatic carbocycles. The molecule has 128 valence electrons. The van der Waals surface area contributed by atoms with E-state index in [0.717, 1.165) is 5.56 Å². The van der Waals surface area contributed by atoms with E-state index in [-0.39, 0.29) is 26.1 Å². The highest BCUT2D eigenvalue weighted by Crippen LogP contribution is 2.10. The van der Waals surface area contributed by atoms with Crippen molar-refractivity contribution in [3.05, 3.63) is 35.9 Å². The number of esters is 1. The molecule has 0 saturated heterocycles. The van der Waals surface area contributed by atoms with Crippen molar-refractivity contribution >= 4 is 12.1 Å². The molecule has 0 bridgehead atoms. The van der Waals surface area contributed by atoms with Crippen LogP contribution in [-0.2, 0) is 20.9 Å². The molecule has 2 N–H and O–H groups in total. The van der Waals surface area contributed by atoms with Gasteiger partial charge in [-0.2, -0.15) is 0 Å². The number of alkyl carbamates (subject to hydrolysis) is 1. The Hall–Kier alpha value is -2.08. The lowest BCUT2D eigenvalue weighted by molar-refractivity contribution is -0.155. The molecule has 0 aliphatic rings. The first-order valence-corrected chi connectivity index (χ1v) is 7.60. The van der Waals surface area contributed by atoms with E-state index in [1.165, 1.54) is 0 Å². The van der Waals surface area contributed by atoms with Crippen molar-refractivity contribution in [2.45, 2.75) is 51.9 Å². The minimum absolute atomic E-state index is 0.0156. The van der Waals surface area contributed by atoms with Gasteiger partial charge in [-0.1, -0.05) is 30.3 Å². The predicted octanol–water partition coefficient (Wildman–Crippen LogP) is 2.40. The Bertz CT molecular complexity index is 495. The zero-order valence-corrected chi connectivity index (χ0v) is 13.9. The summed E-state index contributed by atoms with van der Waals surface area (Å²) in [4.78, 5) is 23.6. The SMILES string of the molecule is CC(C)(C)OC(=O)C[C@@H](CCO)NC(=O)OCc1ccccc1. The van der Waals surface area contributed by atoms with Crippen LogP contribution in [0.4, 0.5) is 4.79 Å². The van der Waals surface area contributed by atoms with Crippen molar-refractivity contribution < 1.29 is 24.2 Å². The van der Waals surface area contributed by atoms with Gasteiger partial charge in [-0.05, 0) is 32.8 Å². The lowest BCUT2D eigenvalue weighted by Gasteiger charge is -2.22. The van der Waals surface area contributed by atoms with Crippen LogP contribution in [0.1, 0.15) is 39.2 Å². The first-order chi connectivity index (χ1) is 10.8. The zero-order chi connectivity index (χ0) is 17.3. The highest BCUT2D eigenvalue weighted by Gasteiger charge is 2.22. The second-order valence-corrected chi connectivity index (χ2v) is 6.21. The molecule has 23 heavy (non-hydrogen) atoms. The molecule has 1 amide bonds. The third kappa shape index (κ3) is 8.83. The number of carbonyl (C=O) groups excluding carboxylic acids is 2. The average molecular weight is 323 g/mol. The fraction of sp³-hybridized carbons (Fsp3) is 0.529. The quantitative estimate of drug-likeness (QED) is 0.753. The molecule has 0 aliphatic heterocycles. The van der Waals surface area contributed by atoms with Crippen molar-refractivity contribution in [2.75, 3.05) is 6.61 Å². The number of amides is 1. The van der Waals surface area contributed by atoms with Gasteiger partial charge in [0.15, 0.2) is 0 Å². The molecule has 0 fully saturated rings. The van der Waals surface area contributed by atoms with E-state index in [2.05, 4.69) is 5.32 Å². The Balaban J connectivity index is 2.44. The Labute approximate surface area is 136 Å². The highest BCUT2D eigenvalue weighted by atomic mass is 16.6. The maximum Gasteiger partial charge on any atom is 0.407 e. The van der Waals surface area contributed by atoms with Gasteiger partial charge in [0.25, 0.3) is 0 Å². The van der Waals surface area contributed by atoms with E-state index in [9.17, 15) is 9.59 Å². The number of carbonyl (C=O) groups is 2. The largest absolute Gasteiger partial charge is 0.460 e. The summed E-state index contributed by atoms with van der Waals surface area (Å²) >= 11 is 0. The van der Waals surface area contributed by atoms with Gasteiger partial charge < -0.3 is 19.9 Å². The summed E-state index contributed by atoms with van der Waals surface area (Å²) in [5.74, 6) is -0.431. The molecule has 6 heteroatoms. The van der Waals surface area contributed by atoms with E-state index in [0.29, 0.717) is 0 Å². The van der Waals surface area contributed by atoms with Crippen molar-refractivity contribution in [3.8, 4) is 0 Å². The molecule has 1 rings (SSSR count). The van der Waals surface area contributed by atoms with E-state index >= 15 is 0 Å². The number of hydrogen-bond donors (Lipinski definition) is 2. The van der Waals surface area contributed by atoms with Crippen molar-refractivity contribution in [1.29, 1.82) is 0 Å². The Kier molecular flexibility index (Phi) is 7.54. The van der Waals surface area contributed by atoms with Gasteiger partial charge in [-0.3, -0.25) is 4.79 Å². The Morgan fingerprint density at radius 2 is 1.87 bits per heavy atom. The second kappa shape index (κ2) is 9.15. The minimum atomic E-state index is -0.629. The van der Waals surface area contributed by atoms with Gasteiger partial charge in [0.05, 0.1) is 6.42 Å². The Morgan fingerprint density at radius 3 is 2.43 bits per heavy atom. The summed E-state index contributed by atoms with van der Waals surface area (Å²) in [7, 11) is 0. The number of ether oxygens (including phenoxy) is 2. The summed E-state index contributed by atoms with van der Waals surface area (Å²) in [6.07, 6.45) is -0.395. The van der Waals surface area contributed by atoms with Crippen LogP contribution in [0.15, 0.2) is 30.3 Å². The van der Waals surface area contributed by atoms with Crippen molar-refractivity contribution in [3.63, 3.8) is 0 Å². The number of nitrogens with one attached hydrogen (secondary N) is 1. The lowest BCUT2D eigenvalue weighted by Crippen LogP contribution is -2.39. The molecular formula is C17H25NO5. The Morgan fingerprint density at radius 1 is 1.22 bits per heavy atom. The van der Waals surface area contributed by atoms with E-state index in [1.807, 2.05) is 30.3 Å². The smallest absolute Gasteiger partial charge is 0.407 e. The van der Waals surface area contributed by atoms with E-state index < -0.39 is 23.7 Å². The number of aliphatic hydroxyl groups excluding tert-OH is 1. The van der Waals surface area contributed by atoms with Crippen molar-refractivity contribution in [1.82, 2.24) is 5.32 Å². The first-order valence-electron chi connectivity index (χ1n) is 7.60. The molecule has 0 aliphatic carbocycles. The summed E-state index contributed by atoms with van der Waals surface area (Å²) in [5, 5.41) is 11.6. The first kappa shape index (κ1) is 19.0. The zero-order valence-electron chi connectivity index (χ0n) is 13.9. The van der Waals surface area contributed by atoms with Crippen LogP contribution >= 0.6 is 0 Å². The van der Waals surface area contributed by atoms with Gasteiger partial charge in [0.1, 0.15) is 12.2 Å². The summed E-state index contributed by atoms with van der Waals surface area (Å²) in [5.41, 5.74) is 0.280. The fourth-order valence-corrected chi connectivity index (χ4v) is 1.90. The van der Waals surface area contributed by atoms with E-state index in [1.54, 1.807) is 20.8 Å². The van der Waals surface area contributed by atoms with Crippen LogP contribution in [0, 0.1) is 0 Å². The second-order valence-electron chi connectivity index (χ2n) is 6.21. The minimum Gasteiger partial charge on any atom is -0.460 e. The van der Waals surface area contributed by atoms with Crippen molar-refractivity contribution in [2.24, 2.45) is 0 Å². The fourth-order valence-electron chi connectivity index (χ4n) is 1.90. The summed E-state index contributed by atoms with van der Waals surface area (Å²) < 4.78 is 10.3. The number of aliphatic hydroxyl groups is 1. The molecule has 0 unspecified atom stereocenters. The third-order valence-corrected chi connectivity index (χ3v) is 2.85. The van der Waals surface area contributed by atoms with Gasteiger partial charge >= 0.3 is 12.1 Å². The third-order valence-electron chi connectivity index (χ3n) is 2.85. The molecule has 0 radical (unpaired) electrons. The summed E-state index contributed by atoms with van der Waals surface area (Å²) in [6, 6.07) is 8.75. The highest BCUT2D eigenvalue weighted by molar-refractivity contribution is 5.73. The van der Waals surface area contributed by atoms with E-state index in [4.69, 9.17) is 14.6 Å². The van der Waals surface area contributed by atoms with Crippen LogP contribution in [0.3, 0.4) is 0 Å². The maximum absolute atomic E-state index is 11.8. The maximum atomic E-state index is 11.8. The number of rotatable bonds is 7. The van der Waals surface area contributed by atoms with Crippen LogP contribution in [0.25, 0.3) is 0 Å². The van der Waals surface area contributed by atoms with Gasteiger partial charge in [-0.25, -0.2) is 4.79 Å². The molecular weight excluding hydrogens is 298 g/mol. The lowest BCUT2D eigenvalue weighted by atomic mass is 10.1. The molecule has 6 nitrogen and oxygen atoms in total. The van der Waals surface area contributed by atoms with Gasteiger partial charge in [0.2, 0.25) is 0 Å². The predicted molar refractivity (Wildman–Crippen MR) is 85.7 cm³/mol. The average Bonchev–Trinajstić information content (AvgIpc) is 2.44. The standard InChI is InChI=1S/C17H25NO5/c1-17(2,3)23-15(20)11-14(9-10-19)18-16(21)22-12-13-7-5-4-6-8-13/h4-8,14,19H,9-12H2,1-3H3,(H,18,21)/t14-/m1/s1. The number of hydrogen-bond acceptors (Lipinski definition) is 5. The van der Waals surface area contributed by atoms with Crippen LogP contribution in [0.5, 0.6) is 0 Å². The van der Waals surface area contributed by atoms with Crippen LogP contribution in [-0.4, -0.2) is 35.4 Å². The molecule has 0 heterocycles. The molecule has 1 atom stereocenters. The van der Waals surface area contributed by atoms with Crippen LogP contribution in [0.2, 0.25) is 0 Å². The molecule has 0 spiro atoms. The summed E-state index contributed by atoms with van der Waals surface area (Å²) in [6.45, 7) is 5.31. The monoisotopic (exact) mass is 323 g/mol. The molecule has 0 saturated carbocycles. The van der Waals surface area contributed by atoms with Gasteiger partial charge in [0, 0.05) is 12.6 Å². The topological polar surface area (TPSA) is 84.9 Å². The molecule has 1 aromatic rings.